The second kappa shape index (κ2) is 6.82. The summed E-state index contributed by atoms with van der Waals surface area (Å²) >= 11 is 0. The molecule has 0 atom stereocenters. The summed E-state index contributed by atoms with van der Waals surface area (Å²) in [7, 11) is 0. The summed E-state index contributed by atoms with van der Waals surface area (Å²) in [5.41, 5.74) is 1.67. The van der Waals surface area contributed by atoms with Crippen LogP contribution in [0.5, 0.6) is 5.75 Å². The van der Waals surface area contributed by atoms with E-state index >= 15 is 0 Å². The van der Waals surface area contributed by atoms with Gasteiger partial charge >= 0.3 is 0 Å². The Balaban J connectivity index is 0.000000921. The van der Waals surface area contributed by atoms with Crippen molar-refractivity contribution in [2.45, 2.75) is 27.7 Å². The minimum Gasteiger partial charge on any atom is -0.508 e. The van der Waals surface area contributed by atoms with E-state index < -0.39 is 0 Å². The fourth-order valence-corrected chi connectivity index (χ4v) is 0.944. The maximum atomic E-state index is 10.6. The van der Waals surface area contributed by atoms with E-state index in [4.69, 9.17) is 0 Å². The monoisotopic (exact) mass is 206 g/mol. The third kappa shape index (κ3) is 5.01. The lowest BCUT2D eigenvalue weighted by Crippen LogP contribution is -1.81. The molecule has 0 aliphatic carbocycles. The first-order valence-electron chi connectivity index (χ1n) is 5.08. The van der Waals surface area contributed by atoms with Gasteiger partial charge in [0.15, 0.2) is 5.78 Å². The van der Waals surface area contributed by atoms with E-state index in [1.165, 1.54) is 13.0 Å². The molecule has 0 aliphatic rings. The molecule has 82 valence electrons. The van der Waals surface area contributed by atoms with E-state index in [-0.39, 0.29) is 11.5 Å². The average Bonchev–Trinajstić information content (AvgIpc) is 2.23. The highest BCUT2D eigenvalue weighted by molar-refractivity contribution is 5.91. The van der Waals surface area contributed by atoms with E-state index in [0.29, 0.717) is 0 Å². The Kier molecular flexibility index (Phi) is 6.11. The zero-order chi connectivity index (χ0) is 11.8. The third-order valence-electron chi connectivity index (χ3n) is 1.74. The van der Waals surface area contributed by atoms with Crippen LogP contribution in [0.15, 0.2) is 24.3 Å². The Morgan fingerprint density at radius 1 is 1.33 bits per heavy atom. The smallest absolute Gasteiger partial charge is 0.152 e. The lowest BCUT2D eigenvalue weighted by molar-refractivity contribution is -0.112. The van der Waals surface area contributed by atoms with Crippen LogP contribution in [0.2, 0.25) is 0 Å². The van der Waals surface area contributed by atoms with Gasteiger partial charge in [0.05, 0.1) is 0 Å². The largest absolute Gasteiger partial charge is 0.508 e. The van der Waals surface area contributed by atoms with Gasteiger partial charge in [-0.25, -0.2) is 0 Å². The lowest BCUT2D eigenvalue weighted by atomic mass is 10.1. The van der Waals surface area contributed by atoms with Gasteiger partial charge in [-0.15, -0.1) is 0 Å². The predicted molar refractivity (Wildman–Crippen MR) is 63.9 cm³/mol. The highest BCUT2D eigenvalue weighted by Crippen LogP contribution is 2.18. The number of carbonyl (C=O) groups excluding carboxylic acids is 1. The molecule has 0 amide bonds. The van der Waals surface area contributed by atoms with Crippen molar-refractivity contribution in [3.63, 3.8) is 0 Å². The Hall–Kier alpha value is -1.57. The number of aromatic hydroxyl groups is 1. The van der Waals surface area contributed by atoms with Crippen LogP contribution in [-0.4, -0.2) is 10.9 Å². The molecule has 1 aromatic rings. The lowest BCUT2D eigenvalue weighted by Gasteiger charge is -1.98. The molecule has 1 N–H and O–H groups in total. The number of phenolic OH excluding ortho intramolecular Hbond substituents is 1. The number of allylic oxidation sites excluding steroid dienone is 1. The number of ketones is 1. The maximum absolute atomic E-state index is 10.6. The van der Waals surface area contributed by atoms with Gasteiger partial charge in [0.25, 0.3) is 0 Å². The van der Waals surface area contributed by atoms with Crippen molar-refractivity contribution in [2.24, 2.45) is 0 Å². The van der Waals surface area contributed by atoms with Gasteiger partial charge in [0.1, 0.15) is 5.75 Å². The first-order valence-corrected chi connectivity index (χ1v) is 5.08. The highest BCUT2D eigenvalue weighted by Gasteiger charge is 1.95. The summed E-state index contributed by atoms with van der Waals surface area (Å²) in [6.45, 7) is 7.32. The summed E-state index contributed by atoms with van der Waals surface area (Å²) < 4.78 is 0. The Bertz CT molecular complexity index is 352. The second-order valence-electron chi connectivity index (χ2n) is 2.99. The Morgan fingerprint density at radius 3 is 2.40 bits per heavy atom. The summed E-state index contributed by atoms with van der Waals surface area (Å²) in [6.07, 6.45) is 3.16. The molecular weight excluding hydrogens is 188 g/mol. The van der Waals surface area contributed by atoms with Crippen molar-refractivity contribution in [3.8, 4) is 5.75 Å². The fourth-order valence-electron chi connectivity index (χ4n) is 0.944. The molecule has 1 rings (SSSR count). The highest BCUT2D eigenvalue weighted by atomic mass is 16.3. The second-order valence-corrected chi connectivity index (χ2v) is 2.99. The van der Waals surface area contributed by atoms with Crippen LogP contribution in [0.1, 0.15) is 31.9 Å². The van der Waals surface area contributed by atoms with Crippen LogP contribution in [-0.2, 0) is 4.79 Å². The van der Waals surface area contributed by atoms with Crippen molar-refractivity contribution >= 4 is 11.9 Å². The summed E-state index contributed by atoms with van der Waals surface area (Å²) in [5.74, 6) is 0.255. The number of carbonyl (C=O) groups is 1. The van der Waals surface area contributed by atoms with Crippen LogP contribution in [0.3, 0.4) is 0 Å². The van der Waals surface area contributed by atoms with Crippen molar-refractivity contribution in [1.82, 2.24) is 0 Å². The third-order valence-corrected chi connectivity index (χ3v) is 1.74. The van der Waals surface area contributed by atoms with E-state index in [9.17, 15) is 9.90 Å². The first-order chi connectivity index (χ1) is 7.09. The van der Waals surface area contributed by atoms with E-state index in [1.54, 1.807) is 12.1 Å². The van der Waals surface area contributed by atoms with Gasteiger partial charge in [0.2, 0.25) is 0 Å². The molecular formula is C13H18O2. The number of phenols is 1. The molecule has 1 aromatic carbocycles. The molecule has 0 bridgehead atoms. The number of rotatable bonds is 2. The predicted octanol–water partition coefficient (Wildman–Crippen LogP) is 3.33. The minimum absolute atomic E-state index is 0.0000600. The molecule has 0 aliphatic heterocycles. The van der Waals surface area contributed by atoms with Crippen LogP contribution in [0.25, 0.3) is 6.08 Å². The maximum Gasteiger partial charge on any atom is 0.152 e. The van der Waals surface area contributed by atoms with Gasteiger partial charge in [0, 0.05) is 0 Å². The van der Waals surface area contributed by atoms with Crippen LogP contribution in [0.4, 0.5) is 0 Å². The molecule has 2 nitrogen and oxygen atoms in total. The van der Waals surface area contributed by atoms with Gasteiger partial charge in [-0.1, -0.05) is 32.1 Å². The first kappa shape index (κ1) is 13.4. The van der Waals surface area contributed by atoms with Gasteiger partial charge in [-0.2, -0.15) is 0 Å². The topological polar surface area (TPSA) is 37.3 Å². The van der Waals surface area contributed by atoms with Crippen molar-refractivity contribution < 1.29 is 9.90 Å². The van der Waals surface area contributed by atoms with Gasteiger partial charge in [-0.05, 0) is 37.1 Å². The Labute approximate surface area is 91.3 Å². The molecule has 0 spiro atoms. The van der Waals surface area contributed by atoms with E-state index in [0.717, 1.165) is 11.1 Å². The molecule has 0 saturated heterocycles. The summed E-state index contributed by atoms with van der Waals surface area (Å²) in [6, 6.07) is 5.30. The number of benzene rings is 1. The molecule has 0 saturated carbocycles. The molecule has 0 radical (unpaired) electrons. The molecule has 0 heterocycles. The van der Waals surface area contributed by atoms with E-state index in [2.05, 4.69) is 0 Å². The molecule has 0 unspecified atom stereocenters. The average molecular weight is 206 g/mol. The van der Waals surface area contributed by atoms with Crippen molar-refractivity contribution in [2.75, 3.05) is 0 Å². The van der Waals surface area contributed by atoms with Crippen LogP contribution < -0.4 is 0 Å². The molecule has 0 aromatic heterocycles. The van der Waals surface area contributed by atoms with Crippen molar-refractivity contribution in [3.05, 3.63) is 35.4 Å². The molecule has 2 heteroatoms. The SMILES string of the molecule is CC.CC(=O)/C=C/c1ccc(C)c(O)c1. The van der Waals surface area contributed by atoms with Gasteiger partial charge in [-0.3, -0.25) is 4.79 Å². The minimum atomic E-state index is 0.0000600. The quantitative estimate of drug-likeness (QED) is 0.753. The summed E-state index contributed by atoms with van der Waals surface area (Å²) in [5, 5.41) is 9.35. The van der Waals surface area contributed by atoms with Crippen LogP contribution >= 0.6 is 0 Å². The number of hydrogen-bond acceptors (Lipinski definition) is 2. The van der Waals surface area contributed by atoms with Crippen LogP contribution in [0, 0.1) is 6.92 Å². The normalized spacial score (nSPS) is 9.60. The summed E-state index contributed by atoms with van der Waals surface area (Å²) in [4.78, 5) is 10.6. The molecule has 0 fully saturated rings. The zero-order valence-corrected chi connectivity index (χ0v) is 9.74. The van der Waals surface area contributed by atoms with Gasteiger partial charge < -0.3 is 5.11 Å². The fraction of sp³-hybridized carbons (Fsp3) is 0.308. The van der Waals surface area contributed by atoms with E-state index in [1.807, 2.05) is 32.9 Å². The Morgan fingerprint density at radius 2 is 1.93 bits per heavy atom. The number of aryl methyl sites for hydroxylation is 1. The molecule has 15 heavy (non-hydrogen) atoms. The number of hydrogen-bond donors (Lipinski definition) is 1. The standard InChI is InChI=1S/C11H12O2.C2H6/c1-8-3-5-10(7-11(8)13)6-4-9(2)12;1-2/h3-7,13H,1-2H3;1-2H3/b6-4+;. The zero-order valence-electron chi connectivity index (χ0n) is 9.74. The van der Waals surface area contributed by atoms with Crippen molar-refractivity contribution in [1.29, 1.82) is 0 Å².